The third kappa shape index (κ3) is 2.72. The van der Waals surface area contributed by atoms with Gasteiger partial charge in [0, 0.05) is 13.1 Å². The second kappa shape index (κ2) is 4.23. The molecule has 0 atom stereocenters. The van der Waals surface area contributed by atoms with Crippen molar-refractivity contribution in [3.8, 4) is 5.75 Å². The molecule has 0 heterocycles. The van der Waals surface area contributed by atoms with Crippen LogP contribution >= 0.6 is 0 Å². The summed E-state index contributed by atoms with van der Waals surface area (Å²) in [4.78, 5) is 0. The Morgan fingerprint density at radius 1 is 1.27 bits per heavy atom. The summed E-state index contributed by atoms with van der Waals surface area (Å²) in [5.41, 5.74) is 1.77. The van der Waals surface area contributed by atoms with Crippen molar-refractivity contribution in [2.45, 2.75) is 32.7 Å². The van der Waals surface area contributed by atoms with E-state index in [1.165, 1.54) is 24.8 Å². The molecule has 1 fully saturated rings. The van der Waals surface area contributed by atoms with Gasteiger partial charge in [-0.25, -0.2) is 0 Å². The van der Waals surface area contributed by atoms with Gasteiger partial charge < -0.3 is 10.4 Å². The number of nitrogens with one attached hydrogen (secondary N) is 1. The van der Waals surface area contributed by atoms with Crippen LogP contribution < -0.4 is 5.32 Å². The van der Waals surface area contributed by atoms with Gasteiger partial charge in [0.2, 0.25) is 0 Å². The van der Waals surface area contributed by atoms with Crippen LogP contribution in [0.3, 0.4) is 0 Å². The molecule has 2 rings (SSSR count). The number of phenols is 1. The molecular weight excluding hydrogens is 186 g/mol. The first-order chi connectivity index (χ1) is 7.18. The molecule has 0 amide bonds. The van der Waals surface area contributed by atoms with Gasteiger partial charge in [0.15, 0.2) is 0 Å². The zero-order valence-electron chi connectivity index (χ0n) is 9.29. The van der Waals surface area contributed by atoms with Gasteiger partial charge in [-0.3, -0.25) is 0 Å². The van der Waals surface area contributed by atoms with Gasteiger partial charge in [-0.05, 0) is 36.0 Å². The van der Waals surface area contributed by atoms with E-state index in [2.05, 4.69) is 12.2 Å². The summed E-state index contributed by atoms with van der Waals surface area (Å²) in [7, 11) is 0. The molecule has 1 aliphatic carbocycles. The zero-order valence-corrected chi connectivity index (χ0v) is 9.29. The highest BCUT2D eigenvalue weighted by molar-refractivity contribution is 5.25. The lowest BCUT2D eigenvalue weighted by molar-refractivity contribution is 0.156. The van der Waals surface area contributed by atoms with E-state index in [9.17, 15) is 0 Å². The quantitative estimate of drug-likeness (QED) is 0.792. The molecule has 1 aromatic rings. The molecule has 15 heavy (non-hydrogen) atoms. The second-order valence-electron chi connectivity index (χ2n) is 4.93. The van der Waals surface area contributed by atoms with E-state index in [1.54, 1.807) is 12.1 Å². The molecule has 82 valence electrons. The molecule has 0 aliphatic heterocycles. The highest BCUT2D eigenvalue weighted by Crippen LogP contribution is 2.39. The minimum atomic E-state index is 0.338. The van der Waals surface area contributed by atoms with Crippen LogP contribution in [0.2, 0.25) is 0 Å². The third-order valence-corrected chi connectivity index (χ3v) is 3.38. The molecule has 0 aromatic heterocycles. The third-order valence-electron chi connectivity index (χ3n) is 3.38. The number of rotatable bonds is 4. The maximum absolute atomic E-state index is 9.14. The number of phenolic OH excluding ortho intramolecular Hbond substituents is 1. The summed E-state index contributed by atoms with van der Waals surface area (Å²) in [6.45, 7) is 4.35. The number of hydrogen-bond acceptors (Lipinski definition) is 2. The average molecular weight is 205 g/mol. The van der Waals surface area contributed by atoms with E-state index in [-0.39, 0.29) is 0 Å². The van der Waals surface area contributed by atoms with Gasteiger partial charge in [0.1, 0.15) is 5.75 Å². The Hall–Kier alpha value is -1.02. The van der Waals surface area contributed by atoms with E-state index < -0.39 is 0 Å². The van der Waals surface area contributed by atoms with Crippen LogP contribution in [-0.2, 0) is 6.54 Å². The van der Waals surface area contributed by atoms with Crippen LogP contribution in [0.1, 0.15) is 31.7 Å². The molecule has 0 spiro atoms. The maximum Gasteiger partial charge on any atom is 0.115 e. The first kappa shape index (κ1) is 10.5. The first-order valence-corrected chi connectivity index (χ1v) is 5.67. The van der Waals surface area contributed by atoms with E-state index in [1.807, 2.05) is 12.1 Å². The van der Waals surface area contributed by atoms with E-state index >= 15 is 0 Å². The van der Waals surface area contributed by atoms with Gasteiger partial charge in [-0.1, -0.05) is 25.5 Å². The van der Waals surface area contributed by atoms with Crippen molar-refractivity contribution in [1.82, 2.24) is 5.32 Å². The molecule has 0 bridgehead atoms. The van der Waals surface area contributed by atoms with Crippen LogP contribution in [-0.4, -0.2) is 11.7 Å². The highest BCUT2D eigenvalue weighted by atomic mass is 16.3. The minimum Gasteiger partial charge on any atom is -0.508 e. The van der Waals surface area contributed by atoms with Crippen molar-refractivity contribution in [1.29, 1.82) is 0 Å². The summed E-state index contributed by atoms with van der Waals surface area (Å²) >= 11 is 0. The smallest absolute Gasteiger partial charge is 0.115 e. The minimum absolute atomic E-state index is 0.338. The van der Waals surface area contributed by atoms with Crippen LogP contribution in [0, 0.1) is 5.41 Å². The van der Waals surface area contributed by atoms with Crippen molar-refractivity contribution < 1.29 is 5.11 Å². The fourth-order valence-corrected chi connectivity index (χ4v) is 2.08. The highest BCUT2D eigenvalue weighted by Gasteiger charge is 2.30. The standard InChI is InChI=1S/C13H19NO/c1-13(7-2-8-13)10-14-9-11-3-5-12(15)6-4-11/h3-6,14-15H,2,7-10H2,1H3. The van der Waals surface area contributed by atoms with Crippen molar-refractivity contribution in [2.24, 2.45) is 5.41 Å². The van der Waals surface area contributed by atoms with Crippen LogP contribution in [0.15, 0.2) is 24.3 Å². The van der Waals surface area contributed by atoms with Crippen molar-refractivity contribution in [3.63, 3.8) is 0 Å². The second-order valence-corrected chi connectivity index (χ2v) is 4.93. The van der Waals surface area contributed by atoms with Crippen molar-refractivity contribution in [3.05, 3.63) is 29.8 Å². The molecule has 0 saturated heterocycles. The van der Waals surface area contributed by atoms with E-state index in [0.717, 1.165) is 13.1 Å². The summed E-state index contributed by atoms with van der Waals surface area (Å²) in [6.07, 6.45) is 4.10. The monoisotopic (exact) mass is 205 g/mol. The molecule has 2 N–H and O–H groups in total. The fraction of sp³-hybridized carbons (Fsp3) is 0.538. The Morgan fingerprint density at radius 3 is 2.47 bits per heavy atom. The van der Waals surface area contributed by atoms with E-state index in [4.69, 9.17) is 5.11 Å². The zero-order chi connectivity index (χ0) is 10.7. The average Bonchev–Trinajstić information content (AvgIpc) is 2.19. The normalized spacial score (nSPS) is 18.5. The van der Waals surface area contributed by atoms with Crippen molar-refractivity contribution >= 4 is 0 Å². The molecule has 0 radical (unpaired) electrons. The summed E-state index contributed by atoms with van der Waals surface area (Å²) in [6, 6.07) is 7.40. The SMILES string of the molecule is CC1(CNCc2ccc(O)cc2)CCC1. The van der Waals surface area contributed by atoms with Gasteiger partial charge in [-0.15, -0.1) is 0 Å². The lowest BCUT2D eigenvalue weighted by Gasteiger charge is -2.38. The summed E-state index contributed by atoms with van der Waals surface area (Å²) < 4.78 is 0. The first-order valence-electron chi connectivity index (χ1n) is 5.67. The van der Waals surface area contributed by atoms with Crippen LogP contribution in [0.4, 0.5) is 0 Å². The summed E-state index contributed by atoms with van der Waals surface area (Å²) in [5, 5.41) is 12.6. The Morgan fingerprint density at radius 2 is 1.93 bits per heavy atom. The number of aromatic hydroxyl groups is 1. The number of hydrogen-bond donors (Lipinski definition) is 2. The van der Waals surface area contributed by atoms with Crippen LogP contribution in [0.5, 0.6) is 5.75 Å². The predicted octanol–water partition coefficient (Wildman–Crippen LogP) is 2.67. The Labute approximate surface area is 91.3 Å². The number of benzene rings is 1. The Bertz CT molecular complexity index is 314. The van der Waals surface area contributed by atoms with Gasteiger partial charge in [0.25, 0.3) is 0 Å². The molecule has 2 heteroatoms. The van der Waals surface area contributed by atoms with Crippen LogP contribution in [0.25, 0.3) is 0 Å². The predicted molar refractivity (Wildman–Crippen MR) is 61.8 cm³/mol. The molecule has 1 aliphatic rings. The molecule has 1 saturated carbocycles. The lowest BCUT2D eigenvalue weighted by Crippen LogP contribution is -2.36. The molecule has 1 aromatic carbocycles. The van der Waals surface area contributed by atoms with Crippen molar-refractivity contribution in [2.75, 3.05) is 6.54 Å². The fourth-order valence-electron chi connectivity index (χ4n) is 2.08. The van der Waals surface area contributed by atoms with Gasteiger partial charge in [-0.2, -0.15) is 0 Å². The van der Waals surface area contributed by atoms with E-state index in [0.29, 0.717) is 11.2 Å². The Kier molecular flexibility index (Phi) is 2.96. The molecular formula is C13H19NO. The maximum atomic E-state index is 9.14. The molecule has 2 nitrogen and oxygen atoms in total. The topological polar surface area (TPSA) is 32.3 Å². The Balaban J connectivity index is 1.76. The van der Waals surface area contributed by atoms with Gasteiger partial charge >= 0.3 is 0 Å². The lowest BCUT2D eigenvalue weighted by atomic mass is 9.70. The summed E-state index contributed by atoms with van der Waals surface area (Å²) in [5.74, 6) is 0.338. The molecule has 0 unspecified atom stereocenters. The largest absolute Gasteiger partial charge is 0.508 e. The van der Waals surface area contributed by atoms with Gasteiger partial charge in [0.05, 0.1) is 0 Å².